The Labute approximate surface area is 192 Å². The minimum Gasteiger partial charge on any atom is -0.493 e. The normalized spacial score (nSPS) is 10.6. The molecule has 0 atom stereocenters. The fourth-order valence-electron chi connectivity index (χ4n) is 2.92. The second-order valence-electron chi connectivity index (χ2n) is 6.63. The van der Waals surface area contributed by atoms with E-state index in [0.29, 0.717) is 33.5 Å². The minimum atomic E-state index is -2.90. The molecule has 3 rings (SSSR count). The molecule has 8 nitrogen and oxygen atoms in total. The highest BCUT2D eigenvalue weighted by Gasteiger charge is 2.15. The highest BCUT2D eigenvalue weighted by molar-refractivity contribution is 7.16. The van der Waals surface area contributed by atoms with Crippen molar-refractivity contribution in [2.75, 3.05) is 26.1 Å². The smallest absolute Gasteiger partial charge is 0.387 e. The van der Waals surface area contributed by atoms with E-state index >= 15 is 0 Å². The lowest BCUT2D eigenvalue weighted by Crippen LogP contribution is -2.32. The van der Waals surface area contributed by atoms with Crippen molar-refractivity contribution in [2.24, 2.45) is 0 Å². The van der Waals surface area contributed by atoms with E-state index in [1.54, 1.807) is 24.3 Å². The zero-order valence-corrected chi connectivity index (χ0v) is 18.8. The van der Waals surface area contributed by atoms with Crippen molar-refractivity contribution in [2.45, 2.75) is 13.5 Å². The average molecular weight is 477 g/mol. The van der Waals surface area contributed by atoms with Crippen LogP contribution in [0.25, 0.3) is 11.3 Å². The number of hydrogen-bond donors (Lipinski definition) is 2. The highest BCUT2D eigenvalue weighted by Crippen LogP contribution is 2.31. The molecule has 0 aliphatic carbocycles. The molecule has 1 heterocycles. The second-order valence-corrected chi connectivity index (χ2v) is 7.83. The molecular weight excluding hydrogens is 456 g/mol. The number of halogens is 2. The number of methoxy groups -OCH3 is 2. The molecule has 11 heteroatoms. The molecule has 0 saturated carbocycles. The number of carbonyl (C=O) groups is 2. The van der Waals surface area contributed by atoms with Crippen molar-refractivity contribution < 1.29 is 32.6 Å². The first-order chi connectivity index (χ1) is 15.8. The molecule has 0 unspecified atom stereocenters. The van der Waals surface area contributed by atoms with Gasteiger partial charge in [-0.2, -0.15) is 8.78 Å². The van der Waals surface area contributed by atoms with Crippen LogP contribution in [-0.4, -0.2) is 44.2 Å². The number of nitrogens with zero attached hydrogens (tertiary/aromatic N) is 1. The Morgan fingerprint density at radius 2 is 1.76 bits per heavy atom. The van der Waals surface area contributed by atoms with Crippen molar-refractivity contribution in [1.29, 1.82) is 0 Å². The summed E-state index contributed by atoms with van der Waals surface area (Å²) in [5, 5.41) is 5.53. The van der Waals surface area contributed by atoms with Crippen LogP contribution < -0.4 is 24.8 Å². The van der Waals surface area contributed by atoms with Gasteiger partial charge in [0.25, 0.3) is 5.91 Å². The van der Waals surface area contributed by atoms with Crippen molar-refractivity contribution in [1.82, 2.24) is 10.3 Å². The van der Waals surface area contributed by atoms with Gasteiger partial charge in [-0.05, 0) is 49.4 Å². The molecule has 2 N–H and O–H groups in total. The minimum absolute atomic E-state index is 0.0420. The van der Waals surface area contributed by atoms with Gasteiger partial charge in [0.05, 0.1) is 26.5 Å². The summed E-state index contributed by atoms with van der Waals surface area (Å²) >= 11 is 1.25. The summed E-state index contributed by atoms with van der Waals surface area (Å²) in [5.74, 6) is 0.0190. The lowest BCUT2D eigenvalue weighted by molar-refractivity contribution is -0.115. The third kappa shape index (κ3) is 6.16. The van der Waals surface area contributed by atoms with Crippen LogP contribution in [0.1, 0.15) is 15.2 Å². The fraction of sp³-hybridized carbons (Fsp3) is 0.227. The number of benzene rings is 2. The molecule has 3 aromatic rings. The lowest BCUT2D eigenvalue weighted by atomic mass is 10.1. The van der Waals surface area contributed by atoms with Crippen molar-refractivity contribution >= 4 is 28.3 Å². The number of amides is 2. The molecule has 2 amide bonds. The van der Waals surface area contributed by atoms with Gasteiger partial charge in [0.15, 0.2) is 16.6 Å². The van der Waals surface area contributed by atoms with Crippen LogP contribution in [0.5, 0.6) is 17.2 Å². The van der Waals surface area contributed by atoms with E-state index in [4.69, 9.17) is 9.47 Å². The van der Waals surface area contributed by atoms with E-state index in [1.807, 2.05) is 6.92 Å². The number of aromatic nitrogens is 1. The van der Waals surface area contributed by atoms with E-state index in [-0.39, 0.29) is 12.3 Å². The molecule has 0 bridgehead atoms. The van der Waals surface area contributed by atoms with Gasteiger partial charge in [0.1, 0.15) is 5.75 Å². The van der Waals surface area contributed by atoms with Crippen LogP contribution in [-0.2, 0) is 4.79 Å². The van der Waals surface area contributed by atoms with Crippen molar-refractivity contribution in [3.63, 3.8) is 0 Å². The van der Waals surface area contributed by atoms with E-state index in [2.05, 4.69) is 20.4 Å². The second kappa shape index (κ2) is 10.7. The summed E-state index contributed by atoms with van der Waals surface area (Å²) < 4.78 is 39.2. The molecule has 0 fully saturated rings. The summed E-state index contributed by atoms with van der Waals surface area (Å²) in [5.41, 5.74) is 1.60. The maximum atomic E-state index is 12.3. The number of nitrogens with one attached hydrogen (secondary N) is 2. The third-order valence-electron chi connectivity index (χ3n) is 4.45. The van der Waals surface area contributed by atoms with Crippen LogP contribution in [0.4, 0.5) is 13.9 Å². The molecule has 0 saturated heterocycles. The van der Waals surface area contributed by atoms with Gasteiger partial charge in [-0.25, -0.2) is 4.98 Å². The highest BCUT2D eigenvalue weighted by atomic mass is 32.1. The van der Waals surface area contributed by atoms with E-state index in [9.17, 15) is 18.4 Å². The maximum Gasteiger partial charge on any atom is 0.387 e. The number of ether oxygens (including phenoxy) is 3. The Morgan fingerprint density at radius 1 is 1.06 bits per heavy atom. The topological polar surface area (TPSA) is 98.8 Å². The molecule has 0 aliphatic rings. The predicted octanol–water partition coefficient (Wildman–Crippen LogP) is 4.11. The summed E-state index contributed by atoms with van der Waals surface area (Å²) in [4.78, 5) is 29.8. The van der Waals surface area contributed by atoms with E-state index < -0.39 is 18.4 Å². The van der Waals surface area contributed by atoms with Gasteiger partial charge in [-0.15, -0.1) is 11.3 Å². The van der Waals surface area contributed by atoms with Crippen LogP contribution >= 0.6 is 11.3 Å². The molecule has 1 aromatic heterocycles. The average Bonchev–Trinajstić information content (AvgIpc) is 3.16. The quantitative estimate of drug-likeness (QED) is 0.481. The first kappa shape index (κ1) is 23.9. The van der Waals surface area contributed by atoms with Gasteiger partial charge in [0, 0.05) is 16.0 Å². The van der Waals surface area contributed by atoms with Crippen LogP contribution in [0.15, 0.2) is 42.5 Å². The number of rotatable bonds is 9. The Kier molecular flexibility index (Phi) is 7.78. The third-order valence-corrected chi connectivity index (χ3v) is 5.34. The Morgan fingerprint density at radius 3 is 2.39 bits per heavy atom. The lowest BCUT2D eigenvalue weighted by Gasteiger charge is -2.10. The largest absolute Gasteiger partial charge is 0.493 e. The number of anilines is 1. The molecule has 0 spiro atoms. The number of hydrogen-bond acceptors (Lipinski definition) is 7. The first-order valence-electron chi connectivity index (χ1n) is 9.63. The van der Waals surface area contributed by atoms with E-state index in [1.165, 1.54) is 43.8 Å². The Bertz CT molecular complexity index is 1140. The molecule has 33 heavy (non-hydrogen) atoms. The van der Waals surface area contributed by atoms with Gasteiger partial charge >= 0.3 is 6.61 Å². The Balaban J connectivity index is 1.59. The molecular formula is C22H21F2N3O5S. The first-order valence-corrected chi connectivity index (χ1v) is 10.4. The monoisotopic (exact) mass is 477 g/mol. The maximum absolute atomic E-state index is 12.3. The van der Waals surface area contributed by atoms with Crippen LogP contribution in [0, 0.1) is 6.92 Å². The van der Waals surface area contributed by atoms with Crippen molar-refractivity contribution in [3.8, 4) is 28.5 Å². The van der Waals surface area contributed by atoms with Crippen molar-refractivity contribution in [3.05, 3.63) is 52.9 Å². The zero-order chi connectivity index (χ0) is 24.0. The number of alkyl halides is 2. The van der Waals surface area contributed by atoms with E-state index in [0.717, 1.165) is 4.88 Å². The molecule has 2 aromatic carbocycles. The predicted molar refractivity (Wildman–Crippen MR) is 119 cm³/mol. The van der Waals surface area contributed by atoms with Crippen LogP contribution in [0.3, 0.4) is 0 Å². The summed E-state index contributed by atoms with van der Waals surface area (Å²) in [6.07, 6.45) is 0. The number of aryl methyl sites for hydroxylation is 1. The molecule has 0 aliphatic heterocycles. The fourth-order valence-corrected chi connectivity index (χ4v) is 3.77. The summed E-state index contributed by atoms with van der Waals surface area (Å²) in [7, 11) is 2.95. The Hall–Kier alpha value is -3.73. The summed E-state index contributed by atoms with van der Waals surface area (Å²) in [6.45, 7) is -1.34. The van der Waals surface area contributed by atoms with Crippen LogP contribution in [0.2, 0.25) is 0 Å². The standard InChI is InChI=1S/C22H21F2N3O5S/c1-12-19(13-4-7-15(8-5-13)32-21(23)24)27-22(33-12)26-18(28)11-25-20(29)14-6-9-16(30-2)17(10-14)31-3/h4-10,21H,11H2,1-3H3,(H,25,29)(H,26,27,28). The SMILES string of the molecule is COc1ccc(C(=O)NCC(=O)Nc2nc(-c3ccc(OC(F)F)cc3)c(C)s2)cc1OC. The van der Waals surface area contributed by atoms with Gasteiger partial charge in [-0.1, -0.05) is 0 Å². The van der Waals surface area contributed by atoms with Gasteiger partial charge in [0.2, 0.25) is 5.91 Å². The molecule has 174 valence electrons. The summed E-state index contributed by atoms with van der Waals surface area (Å²) in [6, 6.07) is 10.7. The van der Waals surface area contributed by atoms with Gasteiger partial charge < -0.3 is 24.8 Å². The number of thiazole rings is 1. The van der Waals surface area contributed by atoms with Gasteiger partial charge in [-0.3, -0.25) is 9.59 Å². The molecule has 0 radical (unpaired) electrons. The number of carbonyl (C=O) groups excluding carboxylic acids is 2. The zero-order valence-electron chi connectivity index (χ0n) is 18.0.